The van der Waals surface area contributed by atoms with Gasteiger partial charge in [-0.25, -0.2) is 0 Å². The fourth-order valence-electron chi connectivity index (χ4n) is 3.00. The third kappa shape index (κ3) is 8.37. The first kappa shape index (κ1) is 24.3. The summed E-state index contributed by atoms with van der Waals surface area (Å²) in [4.78, 5) is 0. The quantitative estimate of drug-likeness (QED) is 0.283. The molecule has 0 saturated carbocycles. The highest BCUT2D eigenvalue weighted by atomic mass is 79.9. The Balaban J connectivity index is 1.96. The summed E-state index contributed by atoms with van der Waals surface area (Å²) in [5.41, 5.74) is 2.11. The average molecular weight is 503 g/mol. The van der Waals surface area contributed by atoms with E-state index in [0.29, 0.717) is 29.0 Å². The second-order valence-corrected chi connectivity index (χ2v) is 8.63. The molecular formula is C23H30BrCl2NO2. The van der Waals surface area contributed by atoms with Crippen molar-refractivity contribution in [3.05, 3.63) is 56.0 Å². The van der Waals surface area contributed by atoms with Crippen LogP contribution in [0.25, 0.3) is 0 Å². The Morgan fingerprint density at radius 3 is 2.41 bits per heavy atom. The number of unbranched alkanes of at least 4 members (excludes halogenated alkanes) is 4. The minimum Gasteiger partial charge on any atom is -0.490 e. The van der Waals surface area contributed by atoms with Crippen LogP contribution in [0.15, 0.2) is 34.8 Å². The van der Waals surface area contributed by atoms with Gasteiger partial charge in [-0.05, 0) is 71.2 Å². The van der Waals surface area contributed by atoms with E-state index in [1.54, 1.807) is 6.07 Å². The van der Waals surface area contributed by atoms with Crippen molar-refractivity contribution < 1.29 is 9.47 Å². The van der Waals surface area contributed by atoms with E-state index in [1.165, 1.54) is 32.1 Å². The minimum atomic E-state index is 0.380. The van der Waals surface area contributed by atoms with E-state index < -0.39 is 0 Å². The summed E-state index contributed by atoms with van der Waals surface area (Å²) < 4.78 is 12.8. The molecule has 2 aromatic rings. The van der Waals surface area contributed by atoms with Crippen molar-refractivity contribution in [3.63, 3.8) is 0 Å². The third-order valence-corrected chi connectivity index (χ3v) is 5.85. The number of nitrogens with one attached hydrogen (secondary N) is 1. The lowest BCUT2D eigenvalue weighted by Crippen LogP contribution is -2.15. The van der Waals surface area contributed by atoms with Gasteiger partial charge in [-0.2, -0.15) is 0 Å². The predicted molar refractivity (Wildman–Crippen MR) is 127 cm³/mol. The molecule has 160 valence electrons. The minimum absolute atomic E-state index is 0.380. The molecule has 0 heterocycles. The van der Waals surface area contributed by atoms with E-state index >= 15 is 0 Å². The lowest BCUT2D eigenvalue weighted by molar-refractivity contribution is 0.267. The van der Waals surface area contributed by atoms with Crippen LogP contribution in [0.1, 0.15) is 57.1 Å². The van der Waals surface area contributed by atoms with Crippen molar-refractivity contribution in [2.75, 3.05) is 13.2 Å². The van der Waals surface area contributed by atoms with Gasteiger partial charge in [0.2, 0.25) is 0 Å². The van der Waals surface area contributed by atoms with Crippen molar-refractivity contribution in [1.82, 2.24) is 5.32 Å². The predicted octanol–water partition coefficient (Wildman–Crippen LogP) is 7.79. The summed E-state index contributed by atoms with van der Waals surface area (Å²) in [7, 11) is 0. The lowest BCUT2D eigenvalue weighted by Gasteiger charge is -2.16. The Labute approximate surface area is 193 Å². The average Bonchev–Trinajstić information content (AvgIpc) is 2.69. The molecule has 2 rings (SSSR count). The Morgan fingerprint density at radius 2 is 1.69 bits per heavy atom. The smallest absolute Gasteiger partial charge is 0.175 e. The molecule has 2 aromatic carbocycles. The van der Waals surface area contributed by atoms with Crippen molar-refractivity contribution in [1.29, 1.82) is 0 Å². The fraction of sp³-hybridized carbons (Fsp3) is 0.478. The number of benzene rings is 2. The van der Waals surface area contributed by atoms with Crippen molar-refractivity contribution >= 4 is 39.1 Å². The first-order valence-corrected chi connectivity index (χ1v) is 11.8. The van der Waals surface area contributed by atoms with E-state index in [2.05, 4.69) is 34.2 Å². The first-order valence-electron chi connectivity index (χ1n) is 10.3. The monoisotopic (exact) mass is 501 g/mol. The molecule has 29 heavy (non-hydrogen) atoms. The number of ether oxygens (including phenoxy) is 2. The maximum atomic E-state index is 6.10. The van der Waals surface area contributed by atoms with Crippen molar-refractivity contribution in [2.45, 2.75) is 59.1 Å². The number of rotatable bonds is 13. The molecule has 0 radical (unpaired) electrons. The summed E-state index contributed by atoms with van der Waals surface area (Å²) in [6.45, 7) is 7.00. The maximum absolute atomic E-state index is 6.10. The van der Waals surface area contributed by atoms with Gasteiger partial charge in [0.1, 0.15) is 6.61 Å². The maximum Gasteiger partial charge on any atom is 0.175 e. The highest BCUT2D eigenvalue weighted by Gasteiger charge is 2.13. The molecular weight excluding hydrogens is 473 g/mol. The van der Waals surface area contributed by atoms with Crippen LogP contribution in [0.3, 0.4) is 0 Å². The van der Waals surface area contributed by atoms with E-state index in [9.17, 15) is 0 Å². The largest absolute Gasteiger partial charge is 0.490 e. The summed E-state index contributed by atoms with van der Waals surface area (Å²) in [5.74, 6) is 1.43. The Bertz CT molecular complexity index is 771. The molecule has 0 fully saturated rings. The highest BCUT2D eigenvalue weighted by Crippen LogP contribution is 2.37. The van der Waals surface area contributed by atoms with Crippen LogP contribution < -0.4 is 14.8 Å². The molecule has 0 unspecified atom stereocenters. The molecule has 0 saturated heterocycles. The van der Waals surface area contributed by atoms with Crippen LogP contribution in [-0.4, -0.2) is 13.2 Å². The van der Waals surface area contributed by atoms with Gasteiger partial charge in [0, 0.05) is 6.54 Å². The van der Waals surface area contributed by atoms with Gasteiger partial charge in [0.15, 0.2) is 11.5 Å². The zero-order valence-electron chi connectivity index (χ0n) is 17.2. The Kier molecular flexibility index (Phi) is 11.2. The van der Waals surface area contributed by atoms with Crippen LogP contribution in [0.5, 0.6) is 11.5 Å². The van der Waals surface area contributed by atoms with Crippen LogP contribution in [0, 0.1) is 0 Å². The fourth-order valence-corrected chi connectivity index (χ4v) is 3.92. The zero-order valence-corrected chi connectivity index (χ0v) is 20.3. The van der Waals surface area contributed by atoms with Gasteiger partial charge >= 0.3 is 0 Å². The lowest BCUT2D eigenvalue weighted by atomic mass is 10.1. The van der Waals surface area contributed by atoms with Crippen LogP contribution in [-0.2, 0) is 13.2 Å². The number of hydrogen-bond donors (Lipinski definition) is 1. The molecule has 0 amide bonds. The zero-order chi connectivity index (χ0) is 21.1. The summed E-state index contributed by atoms with van der Waals surface area (Å²) in [6, 6.07) is 9.62. The molecule has 0 aliphatic rings. The molecule has 0 atom stereocenters. The molecule has 0 spiro atoms. The van der Waals surface area contributed by atoms with Gasteiger partial charge in [-0.3, -0.25) is 0 Å². The Hall–Kier alpha value is -0.940. The topological polar surface area (TPSA) is 30.5 Å². The normalized spacial score (nSPS) is 10.9. The van der Waals surface area contributed by atoms with E-state index in [-0.39, 0.29) is 0 Å². The van der Waals surface area contributed by atoms with Crippen LogP contribution >= 0.6 is 39.1 Å². The van der Waals surface area contributed by atoms with Crippen LogP contribution in [0.2, 0.25) is 10.0 Å². The standard InChI is InChI=1S/C23H30BrCl2NO2/c1-3-5-6-7-8-11-27-15-18-12-19(24)23(22(14-18)28-4-2)29-16-17-9-10-20(25)21(26)13-17/h9-10,12-14,27H,3-8,11,15-16H2,1-2H3. The summed E-state index contributed by atoms with van der Waals surface area (Å²) >= 11 is 15.7. The van der Waals surface area contributed by atoms with E-state index in [0.717, 1.165) is 34.4 Å². The van der Waals surface area contributed by atoms with E-state index in [4.69, 9.17) is 32.7 Å². The molecule has 6 heteroatoms. The van der Waals surface area contributed by atoms with Gasteiger partial charge in [-0.1, -0.05) is 61.9 Å². The molecule has 3 nitrogen and oxygen atoms in total. The van der Waals surface area contributed by atoms with Crippen molar-refractivity contribution in [3.8, 4) is 11.5 Å². The number of halogens is 3. The highest BCUT2D eigenvalue weighted by molar-refractivity contribution is 9.10. The van der Waals surface area contributed by atoms with Crippen LogP contribution in [0.4, 0.5) is 0 Å². The van der Waals surface area contributed by atoms with Gasteiger partial charge in [-0.15, -0.1) is 0 Å². The second kappa shape index (κ2) is 13.4. The second-order valence-electron chi connectivity index (χ2n) is 6.97. The first-order chi connectivity index (χ1) is 14.0. The van der Waals surface area contributed by atoms with Gasteiger partial charge in [0.05, 0.1) is 21.1 Å². The molecule has 0 aliphatic carbocycles. The summed E-state index contributed by atoms with van der Waals surface area (Å²) in [5, 5.41) is 4.58. The number of hydrogen-bond acceptors (Lipinski definition) is 3. The molecule has 0 aromatic heterocycles. The third-order valence-electron chi connectivity index (χ3n) is 4.52. The molecule has 0 bridgehead atoms. The summed E-state index contributed by atoms with van der Waals surface area (Å²) in [6.07, 6.45) is 6.43. The van der Waals surface area contributed by atoms with Crippen molar-refractivity contribution in [2.24, 2.45) is 0 Å². The molecule has 1 N–H and O–H groups in total. The SMILES string of the molecule is CCCCCCCNCc1cc(Br)c(OCc2ccc(Cl)c(Cl)c2)c(OCC)c1. The van der Waals surface area contributed by atoms with Gasteiger partial charge in [0.25, 0.3) is 0 Å². The van der Waals surface area contributed by atoms with E-state index in [1.807, 2.05) is 25.1 Å². The molecule has 0 aliphatic heterocycles. The van der Waals surface area contributed by atoms with Gasteiger partial charge < -0.3 is 14.8 Å². The Morgan fingerprint density at radius 1 is 0.897 bits per heavy atom.